The Morgan fingerprint density at radius 2 is 0.938 bits per heavy atom. The largest absolute Gasteiger partial charge is 1.00 e. The molecule has 0 aromatic carbocycles. The van der Waals surface area contributed by atoms with E-state index in [1.807, 2.05) is 0 Å². The second-order valence-corrected chi connectivity index (χ2v) is 2.51. The molecular formula is C6H8Li2O8. The van der Waals surface area contributed by atoms with Crippen LogP contribution >= 0.6 is 0 Å². The first-order valence-electron chi connectivity index (χ1n) is 3.43. The zero-order valence-corrected chi connectivity index (χ0v) is 8.73. The average Bonchev–Trinajstić information content (AvgIpc) is 2.12. The summed E-state index contributed by atoms with van der Waals surface area (Å²) in [5, 5.41) is 54.7. The summed E-state index contributed by atoms with van der Waals surface area (Å²) in [7, 11) is 0. The fourth-order valence-electron chi connectivity index (χ4n) is 0.652. The summed E-state index contributed by atoms with van der Waals surface area (Å²) in [5.41, 5.74) is 0. The number of carbonyl (C=O) groups excluding carboxylic acids is 2. The quantitative estimate of drug-likeness (QED) is 0.333. The molecule has 0 aromatic rings. The van der Waals surface area contributed by atoms with Crippen molar-refractivity contribution in [1.82, 2.24) is 0 Å². The molecule has 0 rings (SSSR count). The van der Waals surface area contributed by atoms with Gasteiger partial charge in [0.05, 0.1) is 11.9 Å². The van der Waals surface area contributed by atoms with Crippen LogP contribution in [0.3, 0.4) is 0 Å². The van der Waals surface area contributed by atoms with Crippen LogP contribution in [0.15, 0.2) is 0 Å². The van der Waals surface area contributed by atoms with Gasteiger partial charge in [0.25, 0.3) is 0 Å². The summed E-state index contributed by atoms with van der Waals surface area (Å²) < 4.78 is 0. The molecule has 10 heteroatoms. The van der Waals surface area contributed by atoms with Gasteiger partial charge in [0.1, 0.15) is 24.4 Å². The number of hydrogen-bond acceptors (Lipinski definition) is 8. The van der Waals surface area contributed by atoms with Gasteiger partial charge >= 0.3 is 37.7 Å². The third-order valence-electron chi connectivity index (χ3n) is 1.48. The Labute approximate surface area is 114 Å². The van der Waals surface area contributed by atoms with E-state index in [0.29, 0.717) is 0 Å². The molecule has 0 fully saturated rings. The third-order valence-corrected chi connectivity index (χ3v) is 1.48. The van der Waals surface area contributed by atoms with Gasteiger partial charge in [0.15, 0.2) is 0 Å². The standard InChI is InChI=1S/C6H10O8.2Li/c7-1(3(9)5(11)12)2(8)4(10)6(13)14;;/h1-4,7-10H,(H,11,12)(H,13,14);;/q;2*+1/p-2/t1-,2-,3-,4+;;/m0../s1. The van der Waals surface area contributed by atoms with Gasteiger partial charge in [-0.1, -0.05) is 0 Å². The Balaban J connectivity index is -0.000000845. The third kappa shape index (κ3) is 5.90. The fourth-order valence-corrected chi connectivity index (χ4v) is 0.652. The second kappa shape index (κ2) is 9.05. The average molecular weight is 222 g/mol. The van der Waals surface area contributed by atoms with E-state index in [4.69, 9.17) is 20.4 Å². The van der Waals surface area contributed by atoms with Crippen LogP contribution in [0, 0.1) is 0 Å². The smallest absolute Gasteiger partial charge is 0.547 e. The number of aliphatic hydroxyl groups excluding tert-OH is 4. The van der Waals surface area contributed by atoms with Crippen molar-refractivity contribution >= 4 is 11.9 Å². The molecule has 0 aliphatic carbocycles. The first kappa shape index (κ1) is 21.3. The summed E-state index contributed by atoms with van der Waals surface area (Å²) in [6, 6.07) is 0. The van der Waals surface area contributed by atoms with Gasteiger partial charge in [-0.3, -0.25) is 0 Å². The summed E-state index contributed by atoms with van der Waals surface area (Å²) in [6.45, 7) is 0. The maximum absolute atomic E-state index is 9.96. The Kier molecular flexibility index (Phi) is 12.0. The molecule has 0 amide bonds. The number of aliphatic hydroxyl groups is 4. The molecule has 0 aliphatic rings. The maximum Gasteiger partial charge on any atom is 1.00 e. The number of carbonyl (C=O) groups is 2. The van der Waals surface area contributed by atoms with Crippen molar-refractivity contribution in [2.45, 2.75) is 24.4 Å². The molecule has 82 valence electrons. The SMILES string of the molecule is O=C([O-])[C@@H](O)[C@@H](O)[C@H](O)[C@@H](O)C(=O)[O-].[Li+].[Li+]. The van der Waals surface area contributed by atoms with Crippen molar-refractivity contribution in [3.8, 4) is 0 Å². The molecule has 0 aromatic heterocycles. The zero-order chi connectivity index (χ0) is 11.5. The zero-order valence-electron chi connectivity index (χ0n) is 8.73. The Morgan fingerprint density at radius 1 is 0.750 bits per heavy atom. The van der Waals surface area contributed by atoms with Gasteiger partial charge in [0.2, 0.25) is 0 Å². The van der Waals surface area contributed by atoms with E-state index in [0.717, 1.165) is 0 Å². The summed E-state index contributed by atoms with van der Waals surface area (Å²) in [5.74, 6) is -4.22. The molecule has 0 radical (unpaired) electrons. The minimum Gasteiger partial charge on any atom is -0.547 e. The van der Waals surface area contributed by atoms with Crippen LogP contribution < -0.4 is 47.9 Å². The van der Waals surface area contributed by atoms with Gasteiger partial charge in [-0.2, -0.15) is 0 Å². The Hall–Kier alpha value is -0.0252. The molecule has 0 heterocycles. The van der Waals surface area contributed by atoms with Crippen molar-refractivity contribution in [3.05, 3.63) is 0 Å². The molecule has 16 heavy (non-hydrogen) atoms. The van der Waals surface area contributed by atoms with Crippen molar-refractivity contribution in [3.63, 3.8) is 0 Å². The number of rotatable bonds is 5. The fraction of sp³-hybridized carbons (Fsp3) is 0.667. The van der Waals surface area contributed by atoms with Crippen molar-refractivity contribution < 1.29 is 77.9 Å². The topological polar surface area (TPSA) is 161 Å². The summed E-state index contributed by atoms with van der Waals surface area (Å²) >= 11 is 0. The van der Waals surface area contributed by atoms with Gasteiger partial charge in [-0.15, -0.1) is 0 Å². The molecule has 0 bridgehead atoms. The van der Waals surface area contributed by atoms with Crippen LogP contribution in [-0.4, -0.2) is 56.8 Å². The number of aliphatic carboxylic acids is 2. The number of carboxylic acids is 2. The van der Waals surface area contributed by atoms with E-state index in [2.05, 4.69) is 0 Å². The van der Waals surface area contributed by atoms with Gasteiger partial charge in [-0.25, -0.2) is 0 Å². The molecule has 8 nitrogen and oxygen atoms in total. The van der Waals surface area contributed by atoms with E-state index in [-0.39, 0.29) is 37.7 Å². The van der Waals surface area contributed by atoms with Crippen LogP contribution in [0.5, 0.6) is 0 Å². The minimum atomic E-state index is -2.50. The summed E-state index contributed by atoms with van der Waals surface area (Å²) in [6.07, 6.45) is -9.76. The molecule has 4 atom stereocenters. The van der Waals surface area contributed by atoms with Crippen molar-refractivity contribution in [2.75, 3.05) is 0 Å². The monoisotopic (exact) mass is 222 g/mol. The first-order valence-corrected chi connectivity index (χ1v) is 3.43. The molecule has 0 aliphatic heterocycles. The van der Waals surface area contributed by atoms with Gasteiger partial charge < -0.3 is 40.2 Å². The Morgan fingerprint density at radius 3 is 1.06 bits per heavy atom. The van der Waals surface area contributed by atoms with E-state index in [9.17, 15) is 19.8 Å². The van der Waals surface area contributed by atoms with Crippen LogP contribution in [0.2, 0.25) is 0 Å². The predicted octanol–water partition coefficient (Wildman–Crippen LogP) is -12.1. The molecule has 0 spiro atoms. The van der Waals surface area contributed by atoms with Crippen LogP contribution in [0.4, 0.5) is 0 Å². The number of carboxylic acid groups (broad SMARTS) is 2. The number of hydrogen-bond donors (Lipinski definition) is 4. The first-order chi connectivity index (χ1) is 6.29. The molecular weight excluding hydrogens is 214 g/mol. The van der Waals surface area contributed by atoms with E-state index in [1.165, 1.54) is 0 Å². The van der Waals surface area contributed by atoms with Crippen LogP contribution in [0.1, 0.15) is 0 Å². The van der Waals surface area contributed by atoms with E-state index in [1.54, 1.807) is 0 Å². The maximum atomic E-state index is 9.96. The molecule has 4 N–H and O–H groups in total. The predicted molar refractivity (Wildman–Crippen MR) is 34.0 cm³/mol. The Bertz CT molecular complexity index is 211. The minimum absolute atomic E-state index is 0. The van der Waals surface area contributed by atoms with Crippen molar-refractivity contribution in [2.24, 2.45) is 0 Å². The normalized spacial score (nSPS) is 17.0. The second-order valence-electron chi connectivity index (χ2n) is 2.51. The molecule has 0 saturated carbocycles. The summed E-state index contributed by atoms with van der Waals surface area (Å²) in [4.78, 5) is 19.9. The van der Waals surface area contributed by atoms with Gasteiger partial charge in [-0.05, 0) is 0 Å². The van der Waals surface area contributed by atoms with Crippen LogP contribution in [-0.2, 0) is 9.59 Å². The van der Waals surface area contributed by atoms with E-state index >= 15 is 0 Å². The molecule has 0 unspecified atom stereocenters. The van der Waals surface area contributed by atoms with E-state index < -0.39 is 36.4 Å². The molecule has 0 saturated heterocycles. The van der Waals surface area contributed by atoms with Crippen molar-refractivity contribution in [1.29, 1.82) is 0 Å². The van der Waals surface area contributed by atoms with Gasteiger partial charge in [0, 0.05) is 0 Å². The van der Waals surface area contributed by atoms with Crippen LogP contribution in [0.25, 0.3) is 0 Å².